The van der Waals surface area contributed by atoms with E-state index >= 15 is 0 Å². The zero-order valence-corrected chi connectivity index (χ0v) is 12.3. The minimum Gasteiger partial charge on any atom is -0.323 e. The third-order valence-corrected chi connectivity index (χ3v) is 4.69. The van der Waals surface area contributed by atoms with Crippen molar-refractivity contribution in [1.82, 2.24) is 10.2 Å². The van der Waals surface area contributed by atoms with Crippen molar-refractivity contribution in [1.29, 1.82) is 10.5 Å². The number of amides is 3. The van der Waals surface area contributed by atoms with E-state index in [9.17, 15) is 9.59 Å². The van der Waals surface area contributed by atoms with Gasteiger partial charge in [-0.05, 0) is 25.2 Å². The molecule has 1 saturated carbocycles. The smallest absolute Gasteiger partial charge is 0.323 e. The number of nitriles is 2. The molecule has 1 saturated heterocycles. The molecule has 1 aliphatic heterocycles. The van der Waals surface area contributed by atoms with Crippen LogP contribution in [0, 0.1) is 34.5 Å². The van der Waals surface area contributed by atoms with Crippen molar-refractivity contribution in [3.8, 4) is 12.1 Å². The van der Waals surface area contributed by atoms with E-state index in [-0.39, 0.29) is 24.8 Å². The molecule has 2 rings (SSSR count). The highest BCUT2D eigenvalue weighted by molar-refractivity contribution is 6.07. The van der Waals surface area contributed by atoms with Gasteiger partial charge in [0.15, 0.2) is 0 Å². The van der Waals surface area contributed by atoms with E-state index in [2.05, 4.69) is 11.4 Å². The number of rotatable bonds is 4. The van der Waals surface area contributed by atoms with Crippen molar-refractivity contribution < 1.29 is 9.59 Å². The Bertz CT molecular complexity index is 519. The Kier molecular flexibility index (Phi) is 4.47. The molecule has 0 aromatic heterocycles. The summed E-state index contributed by atoms with van der Waals surface area (Å²) in [4.78, 5) is 26.0. The maximum Gasteiger partial charge on any atom is 0.325 e. The van der Waals surface area contributed by atoms with Gasteiger partial charge in [0.25, 0.3) is 5.91 Å². The quantitative estimate of drug-likeness (QED) is 0.799. The van der Waals surface area contributed by atoms with Gasteiger partial charge in [0.05, 0.1) is 18.1 Å². The van der Waals surface area contributed by atoms with Crippen LogP contribution in [0.3, 0.4) is 0 Å². The number of carbonyl (C=O) groups is 2. The number of hydrogen-bond donors (Lipinski definition) is 1. The van der Waals surface area contributed by atoms with Crippen LogP contribution < -0.4 is 5.32 Å². The highest BCUT2D eigenvalue weighted by Crippen LogP contribution is 2.38. The van der Waals surface area contributed by atoms with Gasteiger partial charge >= 0.3 is 6.03 Å². The van der Waals surface area contributed by atoms with E-state index in [4.69, 9.17) is 10.5 Å². The molecule has 2 fully saturated rings. The van der Waals surface area contributed by atoms with Crippen LogP contribution in [0.5, 0.6) is 0 Å². The highest BCUT2D eigenvalue weighted by atomic mass is 16.2. The lowest BCUT2D eigenvalue weighted by atomic mass is 9.73. The molecular weight excluding hydrogens is 268 g/mol. The largest absolute Gasteiger partial charge is 0.325 e. The molecular formula is C15H20N4O2. The fourth-order valence-electron chi connectivity index (χ4n) is 3.32. The fraction of sp³-hybridized carbons (Fsp3) is 0.733. The molecule has 6 heteroatoms. The number of carbonyl (C=O) groups excluding carboxylic acids is 2. The van der Waals surface area contributed by atoms with Crippen LogP contribution in [0.2, 0.25) is 0 Å². The second kappa shape index (κ2) is 6.13. The third kappa shape index (κ3) is 2.71. The summed E-state index contributed by atoms with van der Waals surface area (Å²) in [5.41, 5.74) is -0.773. The lowest BCUT2D eigenvalue weighted by Crippen LogP contribution is -2.54. The molecule has 1 spiro atoms. The average molecular weight is 288 g/mol. The van der Waals surface area contributed by atoms with Crippen molar-refractivity contribution in [3.05, 3.63) is 0 Å². The zero-order valence-electron chi connectivity index (χ0n) is 12.3. The van der Waals surface area contributed by atoms with Gasteiger partial charge in [-0.1, -0.05) is 19.8 Å². The number of hydrogen-bond acceptors (Lipinski definition) is 4. The van der Waals surface area contributed by atoms with Gasteiger partial charge in [-0.15, -0.1) is 0 Å². The number of imide groups is 1. The first-order chi connectivity index (χ1) is 10.0. The second-order valence-electron chi connectivity index (χ2n) is 5.99. The average Bonchev–Trinajstić information content (AvgIpc) is 2.71. The molecule has 1 heterocycles. The molecule has 0 aromatic carbocycles. The summed E-state index contributed by atoms with van der Waals surface area (Å²) in [5, 5.41) is 20.6. The van der Waals surface area contributed by atoms with Gasteiger partial charge in [0.2, 0.25) is 0 Å². The van der Waals surface area contributed by atoms with Crippen LogP contribution in [0.4, 0.5) is 4.79 Å². The third-order valence-electron chi connectivity index (χ3n) is 4.69. The molecule has 112 valence electrons. The lowest BCUT2D eigenvalue weighted by Gasteiger charge is -2.36. The normalized spacial score (nSPS) is 29.9. The molecule has 21 heavy (non-hydrogen) atoms. The molecule has 1 N–H and O–H groups in total. The molecule has 0 unspecified atom stereocenters. The van der Waals surface area contributed by atoms with Gasteiger partial charge in [0, 0.05) is 13.0 Å². The number of urea groups is 1. The number of nitrogens with one attached hydrogen (secondary N) is 1. The van der Waals surface area contributed by atoms with E-state index in [0.717, 1.165) is 19.3 Å². The zero-order chi connectivity index (χ0) is 15.5. The van der Waals surface area contributed by atoms with E-state index in [1.54, 1.807) is 0 Å². The van der Waals surface area contributed by atoms with Gasteiger partial charge < -0.3 is 5.32 Å². The van der Waals surface area contributed by atoms with Gasteiger partial charge in [-0.3, -0.25) is 9.69 Å². The fourth-order valence-corrected chi connectivity index (χ4v) is 3.32. The topological polar surface area (TPSA) is 97.0 Å². The Labute approximate surface area is 124 Å². The lowest BCUT2D eigenvalue weighted by molar-refractivity contribution is -0.134. The maximum absolute atomic E-state index is 12.7. The van der Waals surface area contributed by atoms with Gasteiger partial charge in [0.1, 0.15) is 5.54 Å². The van der Waals surface area contributed by atoms with Crippen LogP contribution >= 0.6 is 0 Å². The molecule has 1 aliphatic carbocycles. The Hall–Kier alpha value is -2.08. The minimum atomic E-state index is -0.773. The van der Waals surface area contributed by atoms with Crippen LogP contribution in [-0.2, 0) is 4.79 Å². The maximum atomic E-state index is 12.7. The Morgan fingerprint density at radius 3 is 2.81 bits per heavy atom. The van der Waals surface area contributed by atoms with E-state index in [1.807, 2.05) is 13.0 Å². The summed E-state index contributed by atoms with van der Waals surface area (Å²) < 4.78 is 0. The highest BCUT2D eigenvalue weighted by Gasteiger charge is 2.54. The van der Waals surface area contributed by atoms with Crippen LogP contribution in [-0.4, -0.2) is 28.9 Å². The summed E-state index contributed by atoms with van der Waals surface area (Å²) in [6.45, 7) is 2.08. The summed E-state index contributed by atoms with van der Waals surface area (Å²) in [7, 11) is 0. The van der Waals surface area contributed by atoms with Crippen molar-refractivity contribution in [3.63, 3.8) is 0 Å². The van der Waals surface area contributed by atoms with Crippen LogP contribution in [0.25, 0.3) is 0 Å². The summed E-state index contributed by atoms with van der Waals surface area (Å²) >= 11 is 0. The molecule has 3 atom stereocenters. The summed E-state index contributed by atoms with van der Waals surface area (Å²) in [6.07, 6.45) is 4.24. The van der Waals surface area contributed by atoms with Crippen molar-refractivity contribution in [2.24, 2.45) is 11.8 Å². The van der Waals surface area contributed by atoms with Crippen molar-refractivity contribution in [2.75, 3.05) is 6.54 Å². The molecule has 6 nitrogen and oxygen atoms in total. The monoisotopic (exact) mass is 288 g/mol. The Morgan fingerprint density at radius 2 is 2.19 bits per heavy atom. The SMILES string of the molecule is C[C@@H]1CCCC[C@]12NC(=O)N(C[C@@H](C#N)CCC#N)C2=O. The predicted molar refractivity (Wildman–Crippen MR) is 74.6 cm³/mol. The second-order valence-corrected chi connectivity index (χ2v) is 5.99. The Balaban J connectivity index is 2.12. The predicted octanol–water partition coefficient (Wildman–Crippen LogP) is 1.93. The van der Waals surface area contributed by atoms with Crippen molar-refractivity contribution in [2.45, 2.75) is 51.0 Å². The minimum absolute atomic E-state index is 0.0807. The Morgan fingerprint density at radius 1 is 1.43 bits per heavy atom. The van der Waals surface area contributed by atoms with Gasteiger partial charge in [-0.2, -0.15) is 10.5 Å². The van der Waals surface area contributed by atoms with Gasteiger partial charge in [-0.25, -0.2) is 4.79 Å². The van der Waals surface area contributed by atoms with E-state index < -0.39 is 17.5 Å². The summed E-state index contributed by atoms with van der Waals surface area (Å²) in [6, 6.07) is 3.67. The first-order valence-corrected chi connectivity index (χ1v) is 7.46. The number of nitrogens with zero attached hydrogens (tertiary/aromatic N) is 3. The standard InChI is InChI=1S/C15H20N4O2/c1-11-5-2-3-7-15(11)13(20)19(14(21)18-15)10-12(9-17)6-4-8-16/h11-12H,2-7,10H2,1H3,(H,18,21)/t11-,12-,15+/m1/s1. The van der Waals surface area contributed by atoms with Crippen molar-refractivity contribution >= 4 is 11.9 Å². The molecule has 0 radical (unpaired) electrons. The molecule has 0 aromatic rings. The first kappa shape index (κ1) is 15.3. The first-order valence-electron chi connectivity index (χ1n) is 7.46. The molecule has 3 amide bonds. The molecule has 0 bridgehead atoms. The van der Waals surface area contributed by atoms with E-state index in [0.29, 0.717) is 12.8 Å². The summed E-state index contributed by atoms with van der Waals surface area (Å²) in [5.74, 6) is -0.558. The van der Waals surface area contributed by atoms with Crippen LogP contribution in [0.15, 0.2) is 0 Å². The molecule has 2 aliphatic rings. The van der Waals surface area contributed by atoms with E-state index in [1.165, 1.54) is 4.90 Å². The van der Waals surface area contributed by atoms with Crippen LogP contribution in [0.1, 0.15) is 45.4 Å².